The lowest BCUT2D eigenvalue weighted by Crippen LogP contribution is -2.40. The van der Waals surface area contributed by atoms with E-state index in [1.54, 1.807) is 18.5 Å². The van der Waals surface area contributed by atoms with Crippen LogP contribution in [0.5, 0.6) is 0 Å². The van der Waals surface area contributed by atoms with Gasteiger partial charge < -0.3 is 9.88 Å². The number of alkyl halides is 3. The largest absolute Gasteiger partial charge is 0.416 e. The van der Waals surface area contributed by atoms with Gasteiger partial charge in [0.25, 0.3) is 0 Å². The number of aromatic amines is 1. The van der Waals surface area contributed by atoms with Crippen molar-refractivity contribution in [3.63, 3.8) is 0 Å². The highest BCUT2D eigenvalue weighted by molar-refractivity contribution is 5.83. The molecule has 3 unspecified atom stereocenters. The minimum absolute atomic E-state index is 0.0590. The van der Waals surface area contributed by atoms with Crippen LogP contribution in [0.15, 0.2) is 36.7 Å². The van der Waals surface area contributed by atoms with Gasteiger partial charge in [0.15, 0.2) is 0 Å². The third kappa shape index (κ3) is 3.34. The summed E-state index contributed by atoms with van der Waals surface area (Å²) in [5.41, 5.74) is -0.0401. The molecule has 0 bridgehead atoms. The molecule has 4 rings (SSSR count). The van der Waals surface area contributed by atoms with Crippen LogP contribution < -0.4 is 0 Å². The lowest BCUT2D eigenvalue weighted by atomic mass is 9.96. The molecule has 1 aliphatic carbocycles. The minimum atomic E-state index is -4.35. The van der Waals surface area contributed by atoms with E-state index < -0.39 is 11.7 Å². The van der Waals surface area contributed by atoms with Gasteiger partial charge in [-0.3, -0.25) is 4.79 Å². The lowest BCUT2D eigenvalue weighted by Gasteiger charge is -2.32. The van der Waals surface area contributed by atoms with Crippen LogP contribution in [0.1, 0.15) is 48.0 Å². The average Bonchev–Trinajstić information content (AvgIpc) is 3.25. The fraction of sp³-hybridized carbons (Fsp3) is 0.474. The molecule has 3 atom stereocenters. The summed E-state index contributed by atoms with van der Waals surface area (Å²) in [6.07, 6.45) is 1.66. The summed E-state index contributed by atoms with van der Waals surface area (Å²) in [4.78, 5) is 22.1. The number of carbonyl (C=O) groups excluding carboxylic acids is 1. The van der Waals surface area contributed by atoms with Gasteiger partial charge in [-0.2, -0.15) is 13.2 Å². The van der Waals surface area contributed by atoms with Gasteiger partial charge >= 0.3 is 6.18 Å². The Morgan fingerprint density at radius 2 is 2.15 bits per heavy atom. The van der Waals surface area contributed by atoms with E-state index in [0.717, 1.165) is 24.7 Å². The second-order valence-corrected chi connectivity index (χ2v) is 7.17. The number of benzene rings is 1. The van der Waals surface area contributed by atoms with Crippen LogP contribution in [0.25, 0.3) is 0 Å². The van der Waals surface area contributed by atoms with Gasteiger partial charge in [0.1, 0.15) is 5.82 Å². The third-order valence-corrected chi connectivity index (χ3v) is 5.39. The maximum atomic E-state index is 12.9. The fourth-order valence-corrected chi connectivity index (χ4v) is 3.92. The summed E-state index contributed by atoms with van der Waals surface area (Å²) in [6.45, 7) is 1.33. The fourth-order valence-electron chi connectivity index (χ4n) is 3.92. The van der Waals surface area contributed by atoms with Crippen molar-refractivity contribution in [1.29, 1.82) is 0 Å². The topological polar surface area (TPSA) is 49.0 Å². The van der Waals surface area contributed by atoms with Crippen molar-refractivity contribution in [3.05, 3.63) is 53.6 Å². The molecule has 26 heavy (non-hydrogen) atoms. The Morgan fingerprint density at radius 3 is 2.88 bits per heavy atom. The molecule has 2 aliphatic rings. The highest BCUT2D eigenvalue weighted by Gasteiger charge is 2.47. The number of piperidine rings is 1. The molecule has 1 aliphatic heterocycles. The molecule has 1 N–H and O–H groups in total. The predicted octanol–water partition coefficient (Wildman–Crippen LogP) is 3.94. The maximum absolute atomic E-state index is 12.9. The van der Waals surface area contributed by atoms with Crippen LogP contribution in [-0.2, 0) is 11.0 Å². The molecule has 0 radical (unpaired) electrons. The van der Waals surface area contributed by atoms with Crippen molar-refractivity contribution < 1.29 is 18.0 Å². The predicted molar refractivity (Wildman–Crippen MR) is 89.4 cm³/mol. The third-order valence-electron chi connectivity index (χ3n) is 5.39. The Morgan fingerprint density at radius 1 is 1.31 bits per heavy atom. The quantitative estimate of drug-likeness (QED) is 0.898. The summed E-state index contributed by atoms with van der Waals surface area (Å²) in [5.74, 6) is 0.854. The van der Waals surface area contributed by atoms with Crippen LogP contribution in [0, 0.1) is 5.92 Å². The molecule has 4 nitrogen and oxygen atoms in total. The van der Waals surface area contributed by atoms with Gasteiger partial charge in [0, 0.05) is 37.3 Å². The smallest absolute Gasteiger partial charge is 0.348 e. The average molecular weight is 363 g/mol. The Bertz CT molecular complexity index is 788. The molecule has 7 heteroatoms. The van der Waals surface area contributed by atoms with E-state index in [2.05, 4.69) is 9.97 Å². The molecule has 0 spiro atoms. The van der Waals surface area contributed by atoms with Gasteiger partial charge in [-0.05, 0) is 36.8 Å². The first-order chi connectivity index (χ1) is 12.4. The van der Waals surface area contributed by atoms with E-state index in [9.17, 15) is 18.0 Å². The molecular formula is C19H20F3N3O. The van der Waals surface area contributed by atoms with E-state index in [4.69, 9.17) is 0 Å². The summed E-state index contributed by atoms with van der Waals surface area (Å²) in [7, 11) is 0. The van der Waals surface area contributed by atoms with E-state index in [-0.39, 0.29) is 23.7 Å². The van der Waals surface area contributed by atoms with Gasteiger partial charge in [0.05, 0.1) is 5.56 Å². The highest BCUT2D eigenvalue weighted by atomic mass is 19.4. The second kappa shape index (κ2) is 6.45. The highest BCUT2D eigenvalue weighted by Crippen LogP contribution is 2.49. The number of hydrogen-bond donors (Lipinski definition) is 1. The molecule has 1 aromatic heterocycles. The summed E-state index contributed by atoms with van der Waals surface area (Å²) < 4.78 is 38.7. The Labute approximate surface area is 149 Å². The maximum Gasteiger partial charge on any atom is 0.416 e. The number of carbonyl (C=O) groups is 1. The standard InChI is InChI=1S/C19H20F3N3O/c20-19(21,22)14-5-1-3-12(9-14)15-10-16(15)18(26)25-8-2-4-13(11-25)17-23-6-7-24-17/h1,3,5-7,9,13,15-16H,2,4,8,10-11H2,(H,23,24). The SMILES string of the molecule is O=C(C1CC1c1cccc(C(F)(F)F)c1)N1CCCC(c2ncc[nH]2)C1. The molecule has 1 saturated heterocycles. The number of nitrogens with zero attached hydrogens (tertiary/aromatic N) is 2. The zero-order valence-corrected chi connectivity index (χ0v) is 14.2. The van der Waals surface area contributed by atoms with Gasteiger partial charge in [-0.25, -0.2) is 4.98 Å². The second-order valence-electron chi connectivity index (χ2n) is 7.17. The van der Waals surface area contributed by atoms with Crippen molar-refractivity contribution in [2.45, 2.75) is 37.3 Å². The summed E-state index contributed by atoms with van der Waals surface area (Å²) in [5, 5.41) is 0. The van der Waals surface area contributed by atoms with Gasteiger partial charge in [-0.1, -0.05) is 18.2 Å². The number of likely N-dealkylation sites (tertiary alicyclic amines) is 1. The van der Waals surface area contributed by atoms with Crippen LogP contribution in [0.3, 0.4) is 0 Å². The number of nitrogens with one attached hydrogen (secondary N) is 1. The van der Waals surface area contributed by atoms with Crippen molar-refractivity contribution in [3.8, 4) is 0 Å². The number of amides is 1. The first-order valence-corrected chi connectivity index (χ1v) is 8.88. The molecule has 1 saturated carbocycles. The van der Waals surface area contributed by atoms with E-state index in [0.29, 0.717) is 25.1 Å². The molecule has 1 amide bonds. The number of hydrogen-bond acceptors (Lipinski definition) is 2. The molecule has 138 valence electrons. The van der Waals surface area contributed by atoms with Crippen LogP contribution in [-0.4, -0.2) is 33.9 Å². The first kappa shape index (κ1) is 17.1. The zero-order valence-electron chi connectivity index (χ0n) is 14.2. The molecular weight excluding hydrogens is 343 g/mol. The van der Waals surface area contributed by atoms with Crippen molar-refractivity contribution >= 4 is 5.91 Å². The molecule has 1 aromatic carbocycles. The normalized spacial score (nSPS) is 26.0. The van der Waals surface area contributed by atoms with E-state index >= 15 is 0 Å². The zero-order chi connectivity index (χ0) is 18.3. The monoisotopic (exact) mass is 363 g/mol. The summed E-state index contributed by atoms with van der Waals surface area (Å²) >= 11 is 0. The minimum Gasteiger partial charge on any atom is -0.348 e. The van der Waals surface area contributed by atoms with Crippen molar-refractivity contribution in [2.24, 2.45) is 5.92 Å². The summed E-state index contributed by atoms with van der Waals surface area (Å²) in [6, 6.07) is 5.36. The Balaban J connectivity index is 1.43. The number of aromatic nitrogens is 2. The molecule has 2 heterocycles. The lowest BCUT2D eigenvalue weighted by molar-refractivity contribution is -0.137. The van der Waals surface area contributed by atoms with Crippen LogP contribution >= 0.6 is 0 Å². The van der Waals surface area contributed by atoms with Crippen molar-refractivity contribution in [2.75, 3.05) is 13.1 Å². The Hall–Kier alpha value is -2.31. The first-order valence-electron chi connectivity index (χ1n) is 8.88. The van der Waals surface area contributed by atoms with Gasteiger partial charge in [0.2, 0.25) is 5.91 Å². The number of rotatable bonds is 3. The Kier molecular flexibility index (Phi) is 4.25. The van der Waals surface area contributed by atoms with E-state index in [1.165, 1.54) is 12.1 Å². The number of H-pyrrole nitrogens is 1. The van der Waals surface area contributed by atoms with E-state index in [1.807, 2.05) is 4.90 Å². The van der Waals surface area contributed by atoms with Gasteiger partial charge in [-0.15, -0.1) is 0 Å². The number of halogens is 3. The molecule has 2 fully saturated rings. The molecule has 2 aromatic rings. The van der Waals surface area contributed by atoms with Crippen molar-refractivity contribution in [1.82, 2.24) is 14.9 Å². The number of imidazole rings is 1. The van der Waals surface area contributed by atoms with Crippen LogP contribution in [0.2, 0.25) is 0 Å². The van der Waals surface area contributed by atoms with Crippen LogP contribution in [0.4, 0.5) is 13.2 Å².